The molecule has 0 aliphatic carbocycles. The first-order chi connectivity index (χ1) is 8.63. The molecule has 0 radical (unpaired) electrons. The van der Waals surface area contributed by atoms with Gasteiger partial charge in [0.25, 0.3) is 0 Å². The van der Waals surface area contributed by atoms with Crippen LogP contribution in [0.2, 0.25) is 0 Å². The quantitative estimate of drug-likeness (QED) is 0.759. The van der Waals surface area contributed by atoms with Crippen LogP contribution in [-0.4, -0.2) is 50.5 Å². The molecule has 0 saturated heterocycles. The molecule has 0 aromatic carbocycles. The summed E-state index contributed by atoms with van der Waals surface area (Å²) in [7, 11) is 5.78. The molecule has 0 spiro atoms. The summed E-state index contributed by atoms with van der Waals surface area (Å²) in [5, 5.41) is 3.16. The number of hydrogen-bond donors (Lipinski definition) is 1. The van der Waals surface area contributed by atoms with Gasteiger partial charge in [-0.25, -0.2) is 4.98 Å². The van der Waals surface area contributed by atoms with Gasteiger partial charge in [0.15, 0.2) is 0 Å². The predicted molar refractivity (Wildman–Crippen MR) is 75.4 cm³/mol. The Hall–Kier alpha value is -1.07. The second kappa shape index (κ2) is 7.38. The van der Waals surface area contributed by atoms with Gasteiger partial charge in [0.05, 0.1) is 18.3 Å². The Kier molecular flexibility index (Phi) is 6.15. The molecule has 0 saturated carbocycles. The number of aromatic nitrogens is 2. The lowest BCUT2D eigenvalue weighted by molar-refractivity contribution is 0.162. The van der Waals surface area contributed by atoms with Gasteiger partial charge >= 0.3 is 0 Å². The summed E-state index contributed by atoms with van der Waals surface area (Å²) >= 11 is 0. The monoisotopic (exact) mass is 254 g/mol. The molecule has 0 aliphatic heterocycles. The largest absolute Gasteiger partial charge is 0.383 e. The molecule has 1 heterocycles. The third kappa shape index (κ3) is 3.71. The molecular formula is C13H26N4O. The van der Waals surface area contributed by atoms with Gasteiger partial charge in [0, 0.05) is 33.4 Å². The Morgan fingerprint density at radius 1 is 1.56 bits per heavy atom. The van der Waals surface area contributed by atoms with E-state index < -0.39 is 0 Å². The lowest BCUT2D eigenvalue weighted by Gasteiger charge is -2.22. The van der Waals surface area contributed by atoms with E-state index in [0.717, 1.165) is 31.2 Å². The van der Waals surface area contributed by atoms with Crippen molar-refractivity contribution in [3.8, 4) is 0 Å². The van der Waals surface area contributed by atoms with Gasteiger partial charge in [-0.1, -0.05) is 6.92 Å². The van der Waals surface area contributed by atoms with Crippen molar-refractivity contribution in [3.05, 3.63) is 11.9 Å². The number of ether oxygens (including phenoxy) is 1. The number of imidazole rings is 1. The van der Waals surface area contributed by atoms with Gasteiger partial charge in [0.2, 0.25) is 5.95 Å². The summed E-state index contributed by atoms with van der Waals surface area (Å²) in [4.78, 5) is 6.87. The Morgan fingerprint density at radius 2 is 2.28 bits per heavy atom. The van der Waals surface area contributed by atoms with E-state index in [1.165, 1.54) is 0 Å². The third-order valence-electron chi connectivity index (χ3n) is 3.05. The molecule has 1 N–H and O–H groups in total. The Bertz CT molecular complexity index is 351. The van der Waals surface area contributed by atoms with E-state index in [9.17, 15) is 0 Å². The van der Waals surface area contributed by atoms with Gasteiger partial charge in [-0.15, -0.1) is 0 Å². The van der Waals surface area contributed by atoms with Crippen molar-refractivity contribution in [3.63, 3.8) is 0 Å². The molecule has 0 amide bonds. The highest BCUT2D eigenvalue weighted by atomic mass is 16.5. The average Bonchev–Trinajstić information content (AvgIpc) is 2.80. The second-order valence-electron chi connectivity index (χ2n) is 4.62. The van der Waals surface area contributed by atoms with Crippen LogP contribution < -0.4 is 10.2 Å². The minimum absolute atomic E-state index is 0.301. The van der Waals surface area contributed by atoms with Crippen molar-refractivity contribution < 1.29 is 4.74 Å². The highest BCUT2D eigenvalue weighted by Gasteiger charge is 2.15. The summed E-state index contributed by atoms with van der Waals surface area (Å²) in [5.74, 6) is 1.02. The Morgan fingerprint density at radius 3 is 2.83 bits per heavy atom. The maximum absolute atomic E-state index is 5.24. The van der Waals surface area contributed by atoms with Crippen LogP contribution in [-0.2, 0) is 11.2 Å². The molecular weight excluding hydrogens is 228 g/mol. The smallest absolute Gasteiger partial charge is 0.205 e. The fourth-order valence-electron chi connectivity index (χ4n) is 1.91. The number of nitrogens with zero attached hydrogens (tertiary/aromatic N) is 3. The molecule has 5 heteroatoms. The molecule has 1 unspecified atom stereocenters. The highest BCUT2D eigenvalue weighted by Crippen LogP contribution is 2.19. The number of methoxy groups -OCH3 is 1. The van der Waals surface area contributed by atoms with Crippen LogP contribution >= 0.6 is 0 Å². The molecule has 1 rings (SSSR count). The molecule has 18 heavy (non-hydrogen) atoms. The zero-order valence-corrected chi connectivity index (χ0v) is 12.2. The average molecular weight is 254 g/mol. The van der Waals surface area contributed by atoms with E-state index in [4.69, 9.17) is 9.72 Å². The summed E-state index contributed by atoms with van der Waals surface area (Å²) in [5.41, 5.74) is 1.13. The van der Waals surface area contributed by atoms with E-state index in [1.54, 1.807) is 7.11 Å². The third-order valence-corrected chi connectivity index (χ3v) is 3.05. The Labute approximate surface area is 110 Å². The maximum Gasteiger partial charge on any atom is 0.205 e. The minimum atomic E-state index is 0.301. The van der Waals surface area contributed by atoms with Gasteiger partial charge in [-0.05, 0) is 20.4 Å². The molecule has 1 aromatic rings. The van der Waals surface area contributed by atoms with E-state index in [0.29, 0.717) is 12.6 Å². The minimum Gasteiger partial charge on any atom is -0.383 e. The van der Waals surface area contributed by atoms with Gasteiger partial charge in [-0.2, -0.15) is 0 Å². The number of anilines is 1. The van der Waals surface area contributed by atoms with Gasteiger partial charge in [-0.3, -0.25) is 0 Å². The molecule has 5 nitrogen and oxygen atoms in total. The lowest BCUT2D eigenvalue weighted by atomic mass is 10.3. The van der Waals surface area contributed by atoms with Crippen LogP contribution in [0, 0.1) is 0 Å². The van der Waals surface area contributed by atoms with Gasteiger partial charge in [0.1, 0.15) is 0 Å². The van der Waals surface area contributed by atoms with E-state index in [2.05, 4.69) is 41.9 Å². The lowest BCUT2D eigenvalue weighted by Crippen LogP contribution is -2.30. The van der Waals surface area contributed by atoms with Crippen LogP contribution in [0.3, 0.4) is 0 Å². The van der Waals surface area contributed by atoms with Crippen LogP contribution in [0.1, 0.15) is 25.6 Å². The first-order valence-corrected chi connectivity index (χ1v) is 6.56. The SMILES string of the molecule is CCc1cn(C(C)COC)c(N(C)CCNC)n1. The first kappa shape index (κ1) is 15.0. The Balaban J connectivity index is 2.89. The zero-order chi connectivity index (χ0) is 13.5. The maximum atomic E-state index is 5.24. The first-order valence-electron chi connectivity index (χ1n) is 6.56. The molecule has 1 aromatic heterocycles. The predicted octanol–water partition coefficient (Wildman–Crippen LogP) is 1.31. The number of rotatable bonds is 8. The zero-order valence-electron chi connectivity index (χ0n) is 12.2. The number of hydrogen-bond acceptors (Lipinski definition) is 4. The normalized spacial score (nSPS) is 12.7. The number of nitrogens with one attached hydrogen (secondary N) is 1. The topological polar surface area (TPSA) is 42.3 Å². The molecule has 0 aliphatic rings. The van der Waals surface area contributed by atoms with Gasteiger partial charge < -0.3 is 19.5 Å². The van der Waals surface area contributed by atoms with Crippen molar-refractivity contribution in [2.45, 2.75) is 26.3 Å². The van der Waals surface area contributed by atoms with Crippen molar-refractivity contribution >= 4 is 5.95 Å². The summed E-state index contributed by atoms with van der Waals surface area (Å²) in [6.07, 6.45) is 3.09. The van der Waals surface area contributed by atoms with E-state index in [-0.39, 0.29) is 0 Å². The van der Waals surface area contributed by atoms with Crippen molar-refractivity contribution in [1.29, 1.82) is 0 Å². The standard InChI is InChI=1S/C13H26N4O/c1-6-12-9-17(11(2)10-18-5)13(15-12)16(4)8-7-14-3/h9,11,14H,6-8,10H2,1-5H3. The number of likely N-dealkylation sites (N-methyl/N-ethyl adjacent to an activating group) is 2. The van der Waals surface area contributed by atoms with E-state index >= 15 is 0 Å². The fourth-order valence-corrected chi connectivity index (χ4v) is 1.91. The summed E-state index contributed by atoms with van der Waals surface area (Å²) in [6, 6.07) is 0.301. The summed E-state index contributed by atoms with van der Waals surface area (Å²) < 4.78 is 7.44. The number of aryl methyl sites for hydroxylation is 1. The molecule has 0 bridgehead atoms. The van der Waals surface area contributed by atoms with Crippen LogP contribution in [0.5, 0.6) is 0 Å². The van der Waals surface area contributed by atoms with Crippen LogP contribution in [0.25, 0.3) is 0 Å². The molecule has 1 atom stereocenters. The fraction of sp³-hybridized carbons (Fsp3) is 0.769. The summed E-state index contributed by atoms with van der Waals surface area (Å²) in [6.45, 7) is 6.87. The van der Waals surface area contributed by atoms with Crippen LogP contribution in [0.15, 0.2) is 6.20 Å². The second-order valence-corrected chi connectivity index (χ2v) is 4.62. The molecule has 0 fully saturated rings. The van der Waals surface area contributed by atoms with E-state index in [1.807, 2.05) is 7.05 Å². The van der Waals surface area contributed by atoms with Crippen LogP contribution in [0.4, 0.5) is 5.95 Å². The van der Waals surface area contributed by atoms with Crippen molar-refractivity contribution in [2.75, 3.05) is 45.8 Å². The van der Waals surface area contributed by atoms with Crippen molar-refractivity contribution in [1.82, 2.24) is 14.9 Å². The van der Waals surface area contributed by atoms with Crippen molar-refractivity contribution in [2.24, 2.45) is 0 Å². The molecule has 104 valence electrons. The highest BCUT2D eigenvalue weighted by molar-refractivity contribution is 5.33.